The fraction of sp³-hybridized carbons (Fsp3) is 0.185. The summed E-state index contributed by atoms with van der Waals surface area (Å²) >= 11 is 0. The molecular formula is C27H25N3O3. The van der Waals surface area contributed by atoms with Crippen LogP contribution in [0.4, 0.5) is 11.4 Å². The van der Waals surface area contributed by atoms with Gasteiger partial charge in [0.2, 0.25) is 0 Å². The lowest BCUT2D eigenvalue weighted by atomic mass is 10.0. The highest BCUT2D eigenvalue weighted by Gasteiger charge is 2.43. The minimum absolute atomic E-state index is 0.309. The lowest BCUT2D eigenvalue weighted by Gasteiger charge is -2.37. The van der Waals surface area contributed by atoms with E-state index in [1.807, 2.05) is 54.6 Å². The van der Waals surface area contributed by atoms with Gasteiger partial charge in [-0.1, -0.05) is 60.7 Å². The minimum atomic E-state index is -0.323. The van der Waals surface area contributed by atoms with Gasteiger partial charge < -0.3 is 14.5 Å². The maximum atomic E-state index is 13.8. The number of rotatable bonds is 5. The van der Waals surface area contributed by atoms with Crippen molar-refractivity contribution in [2.45, 2.75) is 0 Å². The highest BCUT2D eigenvalue weighted by Crippen LogP contribution is 2.38. The standard InChI is InChI=1S/C27H25N3O3/c1-33-23-15-9-8-14-22(23)30-26(31)24(20-10-4-2-5-11-20)25(27(30)32)29-18-16-28(17-19-29)21-12-6-3-7-13-21/h2-15H,16-19H2,1H3. The summed E-state index contributed by atoms with van der Waals surface area (Å²) < 4.78 is 5.45. The Bertz CT molecular complexity index is 1200. The predicted octanol–water partition coefficient (Wildman–Crippen LogP) is 3.80. The molecule has 5 rings (SSSR count). The molecule has 0 radical (unpaired) electrons. The molecule has 1 fully saturated rings. The van der Waals surface area contributed by atoms with E-state index in [1.165, 1.54) is 10.6 Å². The first-order chi connectivity index (χ1) is 16.2. The van der Waals surface area contributed by atoms with Crippen LogP contribution in [0.2, 0.25) is 0 Å². The summed E-state index contributed by atoms with van der Waals surface area (Å²) in [7, 11) is 1.54. The van der Waals surface area contributed by atoms with Crippen LogP contribution < -0.4 is 14.5 Å². The lowest BCUT2D eigenvalue weighted by molar-refractivity contribution is -0.120. The van der Waals surface area contributed by atoms with Crippen molar-refractivity contribution in [1.82, 2.24) is 4.90 Å². The maximum absolute atomic E-state index is 13.8. The summed E-state index contributed by atoms with van der Waals surface area (Å²) in [5, 5.41) is 0. The maximum Gasteiger partial charge on any atom is 0.282 e. The van der Waals surface area contributed by atoms with Crippen LogP contribution in [0.1, 0.15) is 5.56 Å². The molecule has 0 bridgehead atoms. The van der Waals surface area contributed by atoms with E-state index in [1.54, 1.807) is 25.3 Å². The number of carbonyl (C=O) groups excluding carboxylic acids is 2. The summed E-state index contributed by atoms with van der Waals surface area (Å²) in [5.41, 5.74) is 3.28. The van der Waals surface area contributed by atoms with Crippen molar-refractivity contribution >= 4 is 28.8 Å². The number of hydrogen-bond donors (Lipinski definition) is 0. The Kier molecular flexibility index (Phi) is 5.57. The molecule has 0 atom stereocenters. The molecule has 2 amide bonds. The van der Waals surface area contributed by atoms with Gasteiger partial charge in [-0.05, 0) is 29.8 Å². The average Bonchev–Trinajstić information content (AvgIpc) is 3.14. The third-order valence-corrected chi connectivity index (χ3v) is 6.17. The fourth-order valence-corrected chi connectivity index (χ4v) is 4.54. The van der Waals surface area contributed by atoms with E-state index in [0.29, 0.717) is 35.8 Å². The summed E-state index contributed by atoms with van der Waals surface area (Å²) in [5.74, 6) is -0.144. The molecule has 1 saturated heterocycles. The topological polar surface area (TPSA) is 53.1 Å². The zero-order valence-corrected chi connectivity index (χ0v) is 18.5. The van der Waals surface area contributed by atoms with Crippen molar-refractivity contribution in [2.75, 3.05) is 43.1 Å². The van der Waals surface area contributed by atoms with Gasteiger partial charge in [0.25, 0.3) is 11.8 Å². The number of imide groups is 1. The average molecular weight is 440 g/mol. The first-order valence-electron chi connectivity index (χ1n) is 11.1. The highest BCUT2D eigenvalue weighted by atomic mass is 16.5. The van der Waals surface area contributed by atoms with E-state index in [9.17, 15) is 9.59 Å². The van der Waals surface area contributed by atoms with E-state index in [4.69, 9.17) is 4.74 Å². The molecule has 0 saturated carbocycles. The van der Waals surface area contributed by atoms with Crippen LogP contribution in [0.25, 0.3) is 5.57 Å². The number of carbonyl (C=O) groups is 2. The number of ether oxygens (including phenoxy) is 1. The fourth-order valence-electron chi connectivity index (χ4n) is 4.54. The Morgan fingerprint density at radius 2 is 1.24 bits per heavy atom. The van der Waals surface area contributed by atoms with Crippen molar-refractivity contribution in [2.24, 2.45) is 0 Å². The Balaban J connectivity index is 1.51. The molecule has 0 unspecified atom stereocenters. The zero-order chi connectivity index (χ0) is 22.8. The van der Waals surface area contributed by atoms with E-state index >= 15 is 0 Å². The number of hydrogen-bond acceptors (Lipinski definition) is 5. The van der Waals surface area contributed by atoms with E-state index in [-0.39, 0.29) is 11.8 Å². The smallest absolute Gasteiger partial charge is 0.282 e. The summed E-state index contributed by atoms with van der Waals surface area (Å²) in [4.78, 5) is 33.0. The highest BCUT2D eigenvalue weighted by molar-refractivity contribution is 6.45. The molecule has 33 heavy (non-hydrogen) atoms. The van der Waals surface area contributed by atoms with Crippen molar-refractivity contribution < 1.29 is 14.3 Å². The second-order valence-electron chi connectivity index (χ2n) is 8.02. The molecule has 6 heteroatoms. The number of nitrogens with zero attached hydrogens (tertiary/aromatic N) is 3. The van der Waals surface area contributed by atoms with Gasteiger partial charge in [0.05, 0.1) is 18.4 Å². The second-order valence-corrected chi connectivity index (χ2v) is 8.02. The van der Waals surface area contributed by atoms with Gasteiger partial charge in [-0.15, -0.1) is 0 Å². The first kappa shape index (κ1) is 20.8. The van der Waals surface area contributed by atoms with Crippen LogP contribution in [-0.2, 0) is 9.59 Å². The Morgan fingerprint density at radius 3 is 1.91 bits per heavy atom. The van der Waals surface area contributed by atoms with Crippen LogP contribution in [-0.4, -0.2) is 50.0 Å². The number of para-hydroxylation sites is 3. The van der Waals surface area contributed by atoms with Gasteiger partial charge in [0, 0.05) is 31.9 Å². The monoisotopic (exact) mass is 439 g/mol. The van der Waals surface area contributed by atoms with Crippen molar-refractivity contribution in [3.05, 3.63) is 96.2 Å². The van der Waals surface area contributed by atoms with Gasteiger partial charge in [-0.2, -0.15) is 0 Å². The molecule has 2 heterocycles. The molecule has 0 N–H and O–H groups in total. The lowest BCUT2D eigenvalue weighted by Crippen LogP contribution is -2.47. The van der Waals surface area contributed by atoms with E-state index in [0.717, 1.165) is 18.7 Å². The number of piperazine rings is 1. The van der Waals surface area contributed by atoms with Crippen LogP contribution in [0.15, 0.2) is 90.6 Å². The van der Waals surface area contributed by atoms with Gasteiger partial charge >= 0.3 is 0 Å². The Labute approximate surface area is 193 Å². The van der Waals surface area contributed by atoms with E-state index < -0.39 is 0 Å². The number of benzene rings is 3. The predicted molar refractivity (Wildman–Crippen MR) is 129 cm³/mol. The molecule has 2 aliphatic rings. The normalized spacial score (nSPS) is 16.6. The first-order valence-corrected chi connectivity index (χ1v) is 11.1. The summed E-state index contributed by atoms with van der Waals surface area (Å²) in [6.07, 6.45) is 0. The molecule has 3 aromatic rings. The Hall–Kier alpha value is -4.06. The summed E-state index contributed by atoms with van der Waals surface area (Å²) in [6.45, 7) is 2.84. The molecular weight excluding hydrogens is 414 g/mol. The van der Waals surface area contributed by atoms with Crippen LogP contribution in [0.3, 0.4) is 0 Å². The number of anilines is 2. The third-order valence-electron chi connectivity index (χ3n) is 6.17. The van der Waals surface area contributed by atoms with Crippen LogP contribution in [0.5, 0.6) is 5.75 Å². The number of amides is 2. The van der Waals surface area contributed by atoms with Crippen molar-refractivity contribution in [3.63, 3.8) is 0 Å². The molecule has 166 valence electrons. The van der Waals surface area contributed by atoms with Crippen molar-refractivity contribution in [3.8, 4) is 5.75 Å². The molecule has 2 aliphatic heterocycles. The number of methoxy groups -OCH3 is 1. The minimum Gasteiger partial charge on any atom is -0.495 e. The largest absolute Gasteiger partial charge is 0.495 e. The Morgan fingerprint density at radius 1 is 0.667 bits per heavy atom. The molecule has 0 aliphatic carbocycles. The summed E-state index contributed by atoms with van der Waals surface area (Å²) in [6, 6.07) is 26.8. The SMILES string of the molecule is COc1ccccc1N1C(=O)C(c2ccccc2)=C(N2CCN(c3ccccc3)CC2)C1=O. The zero-order valence-electron chi connectivity index (χ0n) is 18.5. The van der Waals surface area contributed by atoms with Gasteiger partial charge in [0.15, 0.2) is 0 Å². The molecule has 6 nitrogen and oxygen atoms in total. The van der Waals surface area contributed by atoms with Gasteiger partial charge in [0.1, 0.15) is 11.4 Å². The van der Waals surface area contributed by atoms with E-state index in [2.05, 4.69) is 21.9 Å². The third kappa shape index (κ3) is 3.74. The van der Waals surface area contributed by atoms with Crippen molar-refractivity contribution in [1.29, 1.82) is 0 Å². The second kappa shape index (κ2) is 8.82. The van der Waals surface area contributed by atoms with Gasteiger partial charge in [-0.25, -0.2) is 4.90 Å². The van der Waals surface area contributed by atoms with Gasteiger partial charge in [-0.3, -0.25) is 9.59 Å². The molecule has 0 aromatic heterocycles. The molecule has 0 spiro atoms. The molecule has 3 aromatic carbocycles. The van der Waals surface area contributed by atoms with Crippen LogP contribution >= 0.6 is 0 Å². The van der Waals surface area contributed by atoms with Crippen LogP contribution in [0, 0.1) is 0 Å². The quantitative estimate of drug-likeness (QED) is 0.566.